The van der Waals surface area contributed by atoms with E-state index in [2.05, 4.69) is 28.1 Å². The molecule has 9 heteroatoms. The molecular formula is C18H24N4O3S2. The van der Waals surface area contributed by atoms with E-state index < -0.39 is 10.0 Å². The van der Waals surface area contributed by atoms with Crippen molar-refractivity contribution in [3.05, 3.63) is 40.8 Å². The van der Waals surface area contributed by atoms with Crippen molar-refractivity contribution in [2.24, 2.45) is 5.14 Å². The average molecular weight is 409 g/mol. The molecule has 1 amide bonds. The molecule has 3 N–H and O–H groups in total. The maximum atomic E-state index is 12.4. The Labute approximate surface area is 163 Å². The van der Waals surface area contributed by atoms with Crippen LogP contribution in [-0.4, -0.2) is 51.9 Å². The number of carbonyl (C=O) groups is 1. The zero-order valence-corrected chi connectivity index (χ0v) is 17.1. The Kier molecular flexibility index (Phi) is 5.85. The topological polar surface area (TPSA) is 95.7 Å². The van der Waals surface area contributed by atoms with Gasteiger partial charge in [0.25, 0.3) is 5.91 Å². The van der Waals surface area contributed by atoms with E-state index in [1.54, 1.807) is 0 Å². The van der Waals surface area contributed by atoms with Gasteiger partial charge in [-0.25, -0.2) is 13.6 Å². The number of nitrogens with one attached hydrogen (secondary N) is 1. The van der Waals surface area contributed by atoms with Gasteiger partial charge in [0, 0.05) is 42.9 Å². The summed E-state index contributed by atoms with van der Waals surface area (Å²) in [7, 11) is -3.79. The van der Waals surface area contributed by atoms with E-state index in [0.29, 0.717) is 5.69 Å². The second-order valence-electron chi connectivity index (χ2n) is 6.57. The molecule has 1 aromatic carbocycles. The fourth-order valence-electron chi connectivity index (χ4n) is 3.09. The van der Waals surface area contributed by atoms with E-state index >= 15 is 0 Å². The molecule has 0 bridgehead atoms. The summed E-state index contributed by atoms with van der Waals surface area (Å²) in [4.78, 5) is 17.2. The Morgan fingerprint density at radius 1 is 1.22 bits per heavy atom. The van der Waals surface area contributed by atoms with Crippen molar-refractivity contribution in [3.8, 4) is 0 Å². The number of likely N-dealkylation sites (N-methyl/N-ethyl adjacent to an activating group) is 1. The number of amides is 1. The molecule has 0 spiro atoms. The fourth-order valence-corrected chi connectivity index (χ4v) is 4.67. The van der Waals surface area contributed by atoms with Crippen LogP contribution in [-0.2, 0) is 10.0 Å². The van der Waals surface area contributed by atoms with Gasteiger partial charge >= 0.3 is 0 Å². The molecule has 27 heavy (non-hydrogen) atoms. The van der Waals surface area contributed by atoms with Crippen molar-refractivity contribution in [2.75, 3.05) is 42.9 Å². The van der Waals surface area contributed by atoms with Crippen LogP contribution in [0.5, 0.6) is 0 Å². The number of nitrogens with zero attached hydrogens (tertiary/aromatic N) is 2. The molecular weight excluding hydrogens is 384 g/mol. The highest BCUT2D eigenvalue weighted by atomic mass is 32.2. The number of primary sulfonamides is 1. The van der Waals surface area contributed by atoms with Gasteiger partial charge in [-0.15, -0.1) is 11.3 Å². The molecule has 7 nitrogen and oxygen atoms in total. The number of hydrogen-bond donors (Lipinski definition) is 2. The van der Waals surface area contributed by atoms with E-state index in [9.17, 15) is 13.2 Å². The summed E-state index contributed by atoms with van der Waals surface area (Å²) in [6, 6.07) is 7.27. The third-order valence-corrected chi connectivity index (χ3v) is 7.15. The Balaban J connectivity index is 1.69. The summed E-state index contributed by atoms with van der Waals surface area (Å²) in [5.74, 6) is -0.353. The minimum Gasteiger partial charge on any atom is -0.369 e. The zero-order valence-electron chi connectivity index (χ0n) is 15.4. The number of nitrogens with two attached hydrogens (primary N) is 1. The Morgan fingerprint density at radius 2 is 1.93 bits per heavy atom. The maximum Gasteiger partial charge on any atom is 0.256 e. The first-order valence-electron chi connectivity index (χ1n) is 8.78. The van der Waals surface area contributed by atoms with Gasteiger partial charge in [0.2, 0.25) is 10.0 Å². The van der Waals surface area contributed by atoms with Gasteiger partial charge in [-0.1, -0.05) is 6.92 Å². The number of rotatable bonds is 5. The number of aryl methyl sites for hydroxylation is 1. The lowest BCUT2D eigenvalue weighted by molar-refractivity contribution is 0.102. The smallest absolute Gasteiger partial charge is 0.256 e. The van der Waals surface area contributed by atoms with Crippen LogP contribution in [0, 0.1) is 6.92 Å². The lowest BCUT2D eigenvalue weighted by Gasteiger charge is -2.35. The van der Waals surface area contributed by atoms with Crippen molar-refractivity contribution in [1.29, 1.82) is 0 Å². The summed E-state index contributed by atoms with van der Waals surface area (Å²) in [6.07, 6.45) is 0. The van der Waals surface area contributed by atoms with Crippen LogP contribution in [0.4, 0.5) is 11.4 Å². The minimum absolute atomic E-state index is 0.0223. The first kappa shape index (κ1) is 19.8. The van der Waals surface area contributed by atoms with E-state index in [1.807, 2.05) is 19.1 Å². The monoisotopic (exact) mass is 408 g/mol. The van der Waals surface area contributed by atoms with Crippen LogP contribution in [0.15, 0.2) is 33.9 Å². The third-order valence-electron chi connectivity index (χ3n) is 4.76. The number of benzene rings is 1. The molecule has 3 rings (SSSR count). The van der Waals surface area contributed by atoms with Gasteiger partial charge in [0.05, 0.1) is 5.56 Å². The van der Waals surface area contributed by atoms with Crippen LogP contribution in [0.3, 0.4) is 0 Å². The molecule has 0 atom stereocenters. The normalized spacial score (nSPS) is 15.7. The Hall–Kier alpha value is -1.94. The predicted molar refractivity (Wildman–Crippen MR) is 109 cm³/mol. The van der Waals surface area contributed by atoms with Crippen molar-refractivity contribution >= 4 is 38.6 Å². The zero-order chi connectivity index (χ0) is 19.6. The van der Waals surface area contributed by atoms with Crippen LogP contribution in [0.2, 0.25) is 0 Å². The molecule has 1 aliphatic rings. The standard InChI is InChI=1S/C18H24N4O3S2/c1-3-21-6-8-22(9-7-21)15-4-5-16(13(2)10-15)20-18(23)14-11-17(26-12-14)27(19,24)25/h4-5,10-12H,3,6-9H2,1-2H3,(H,20,23)(H2,19,24,25). The summed E-state index contributed by atoms with van der Waals surface area (Å²) >= 11 is 0.938. The predicted octanol–water partition coefficient (Wildman–Crippen LogP) is 2.10. The van der Waals surface area contributed by atoms with Gasteiger partial charge in [-0.3, -0.25) is 4.79 Å². The van der Waals surface area contributed by atoms with Gasteiger partial charge < -0.3 is 15.1 Å². The summed E-state index contributed by atoms with van der Waals surface area (Å²) in [5.41, 5.74) is 3.09. The van der Waals surface area contributed by atoms with Gasteiger partial charge in [0.1, 0.15) is 4.21 Å². The molecule has 1 aromatic heterocycles. The number of piperazine rings is 1. The molecule has 1 fully saturated rings. The minimum atomic E-state index is -3.79. The summed E-state index contributed by atoms with van der Waals surface area (Å²) < 4.78 is 22.7. The number of thiophene rings is 1. The Bertz CT molecular complexity index is 932. The largest absolute Gasteiger partial charge is 0.369 e. The quantitative estimate of drug-likeness (QED) is 0.790. The van der Waals surface area contributed by atoms with E-state index in [4.69, 9.17) is 5.14 Å². The number of anilines is 2. The van der Waals surface area contributed by atoms with Crippen LogP contribution < -0.4 is 15.4 Å². The van der Waals surface area contributed by atoms with E-state index in [1.165, 1.54) is 11.4 Å². The highest BCUT2D eigenvalue weighted by Gasteiger charge is 2.18. The molecule has 1 aliphatic heterocycles. The molecule has 2 heterocycles. The number of carbonyl (C=O) groups excluding carboxylic acids is 1. The molecule has 146 valence electrons. The van der Waals surface area contributed by atoms with Crippen molar-refractivity contribution < 1.29 is 13.2 Å². The summed E-state index contributed by atoms with van der Waals surface area (Å²) in [5, 5.41) is 9.43. The second kappa shape index (κ2) is 7.97. The van der Waals surface area contributed by atoms with Gasteiger partial charge in [0.15, 0.2) is 0 Å². The highest BCUT2D eigenvalue weighted by Crippen LogP contribution is 2.25. The molecule has 1 saturated heterocycles. The molecule has 0 unspecified atom stereocenters. The van der Waals surface area contributed by atoms with Crippen LogP contribution in [0.1, 0.15) is 22.8 Å². The second-order valence-corrected chi connectivity index (χ2v) is 9.27. The maximum absolute atomic E-state index is 12.4. The first-order valence-corrected chi connectivity index (χ1v) is 11.2. The average Bonchev–Trinajstić information content (AvgIpc) is 3.14. The SMILES string of the molecule is CCN1CCN(c2ccc(NC(=O)c3csc(S(N)(=O)=O)c3)c(C)c2)CC1. The fraction of sp³-hybridized carbons (Fsp3) is 0.389. The molecule has 0 aliphatic carbocycles. The highest BCUT2D eigenvalue weighted by molar-refractivity contribution is 7.91. The lowest BCUT2D eigenvalue weighted by atomic mass is 10.1. The number of hydrogen-bond acceptors (Lipinski definition) is 6. The van der Waals surface area contributed by atoms with Crippen molar-refractivity contribution in [1.82, 2.24) is 4.90 Å². The number of sulfonamides is 1. The first-order chi connectivity index (χ1) is 12.8. The van der Waals surface area contributed by atoms with Crippen LogP contribution in [0.25, 0.3) is 0 Å². The van der Waals surface area contributed by atoms with Gasteiger partial charge in [-0.2, -0.15) is 0 Å². The van der Waals surface area contributed by atoms with Crippen molar-refractivity contribution in [3.63, 3.8) is 0 Å². The van der Waals surface area contributed by atoms with Crippen molar-refractivity contribution in [2.45, 2.75) is 18.1 Å². The van der Waals surface area contributed by atoms with Crippen LogP contribution >= 0.6 is 11.3 Å². The van der Waals surface area contributed by atoms with E-state index in [-0.39, 0.29) is 15.7 Å². The summed E-state index contributed by atoms with van der Waals surface area (Å²) in [6.45, 7) is 9.29. The molecule has 0 saturated carbocycles. The Morgan fingerprint density at radius 3 is 2.48 bits per heavy atom. The lowest BCUT2D eigenvalue weighted by Crippen LogP contribution is -2.46. The van der Waals surface area contributed by atoms with E-state index in [0.717, 1.165) is 55.3 Å². The molecule has 2 aromatic rings. The molecule has 0 radical (unpaired) electrons. The third kappa shape index (κ3) is 4.67. The van der Waals surface area contributed by atoms with Gasteiger partial charge in [-0.05, 0) is 43.3 Å².